The largest absolute Gasteiger partial charge is 1.00 e. The minimum atomic E-state index is -4.80. The molecule has 0 fully saturated rings. The van der Waals surface area contributed by atoms with E-state index in [-0.39, 0.29) is 51.9 Å². The van der Waals surface area contributed by atoms with Crippen LogP contribution in [0.3, 0.4) is 0 Å². The third kappa shape index (κ3) is 7.61. The van der Waals surface area contributed by atoms with Gasteiger partial charge in [-0.3, -0.25) is 4.79 Å². The number of fused-ring (bicyclic) bond motifs is 1. The second kappa shape index (κ2) is 12.8. The molecular formula is C24H24N3NaO6S. The Morgan fingerprint density at radius 3 is 2.54 bits per heavy atom. The molecule has 2 N–H and O–H groups in total. The molecule has 0 unspecified atom stereocenters. The molecule has 11 heteroatoms. The summed E-state index contributed by atoms with van der Waals surface area (Å²) < 4.78 is 40.7. The van der Waals surface area contributed by atoms with Crippen molar-refractivity contribution >= 4 is 38.2 Å². The van der Waals surface area contributed by atoms with Gasteiger partial charge in [0.15, 0.2) is 0 Å². The van der Waals surface area contributed by atoms with E-state index in [2.05, 4.69) is 22.1 Å². The number of amides is 1. The number of aromatic hydroxyl groups is 1. The molecule has 178 valence electrons. The van der Waals surface area contributed by atoms with Crippen LogP contribution in [0.15, 0.2) is 76.3 Å². The molecule has 35 heavy (non-hydrogen) atoms. The van der Waals surface area contributed by atoms with E-state index in [0.29, 0.717) is 31.0 Å². The van der Waals surface area contributed by atoms with Crippen LogP contribution in [0.2, 0.25) is 0 Å². The molecule has 0 aliphatic rings. The molecule has 0 saturated carbocycles. The predicted molar refractivity (Wildman–Crippen MR) is 127 cm³/mol. The van der Waals surface area contributed by atoms with Crippen molar-refractivity contribution in [2.45, 2.75) is 24.7 Å². The molecule has 0 radical (unpaired) electrons. The summed E-state index contributed by atoms with van der Waals surface area (Å²) in [7, 11) is -4.80. The zero-order valence-electron chi connectivity index (χ0n) is 19.5. The Hall–Kier alpha value is -2.76. The second-order valence-electron chi connectivity index (χ2n) is 7.46. The molecule has 0 spiro atoms. The molecule has 0 saturated heterocycles. The number of phenols is 1. The van der Waals surface area contributed by atoms with Crippen LogP contribution >= 0.6 is 0 Å². The Bertz CT molecular complexity index is 1360. The van der Waals surface area contributed by atoms with Gasteiger partial charge in [0.1, 0.15) is 33.0 Å². The van der Waals surface area contributed by atoms with Crippen molar-refractivity contribution in [3.8, 4) is 11.5 Å². The number of hydrogen-bond donors (Lipinski definition) is 2. The molecule has 3 aromatic carbocycles. The van der Waals surface area contributed by atoms with Crippen molar-refractivity contribution in [1.82, 2.24) is 5.32 Å². The Morgan fingerprint density at radius 2 is 1.86 bits per heavy atom. The van der Waals surface area contributed by atoms with Crippen molar-refractivity contribution in [1.29, 1.82) is 0 Å². The van der Waals surface area contributed by atoms with Gasteiger partial charge in [-0.15, -0.1) is 10.2 Å². The van der Waals surface area contributed by atoms with Crippen LogP contribution in [0, 0.1) is 6.92 Å². The second-order valence-corrected chi connectivity index (χ2v) is 8.81. The molecule has 1 amide bonds. The number of unbranched alkanes of at least 4 members (excludes halogenated alkanes) is 1. The van der Waals surface area contributed by atoms with Gasteiger partial charge in [-0.05, 0) is 43.5 Å². The normalized spacial score (nSPS) is 11.3. The van der Waals surface area contributed by atoms with E-state index >= 15 is 0 Å². The van der Waals surface area contributed by atoms with Crippen LogP contribution in [0.5, 0.6) is 11.5 Å². The van der Waals surface area contributed by atoms with Crippen LogP contribution in [0.1, 0.15) is 18.4 Å². The van der Waals surface area contributed by atoms with Gasteiger partial charge in [-0.2, -0.15) is 0 Å². The first-order valence-electron chi connectivity index (χ1n) is 10.5. The van der Waals surface area contributed by atoms with Gasteiger partial charge >= 0.3 is 29.6 Å². The summed E-state index contributed by atoms with van der Waals surface area (Å²) in [5, 5.41) is 21.9. The summed E-state index contributed by atoms with van der Waals surface area (Å²) in [6.07, 6.45) is 2.63. The van der Waals surface area contributed by atoms with E-state index < -0.39 is 20.8 Å². The number of aryl methyl sites for hydroxylation is 1. The molecule has 0 aromatic heterocycles. The zero-order valence-corrected chi connectivity index (χ0v) is 22.3. The molecule has 0 heterocycles. The quantitative estimate of drug-likeness (QED) is 0.141. The van der Waals surface area contributed by atoms with E-state index in [0.717, 1.165) is 18.1 Å². The minimum absolute atomic E-state index is 0. The van der Waals surface area contributed by atoms with Crippen molar-refractivity contribution in [2.24, 2.45) is 10.2 Å². The van der Waals surface area contributed by atoms with Gasteiger partial charge in [-0.25, -0.2) is 8.42 Å². The van der Waals surface area contributed by atoms with Crippen molar-refractivity contribution in [3.05, 3.63) is 66.7 Å². The number of rotatable bonds is 10. The first-order chi connectivity index (χ1) is 16.2. The zero-order chi connectivity index (χ0) is 24.7. The summed E-state index contributed by atoms with van der Waals surface area (Å²) in [5.41, 5.74) is 1.37. The maximum absolute atomic E-state index is 11.6. The van der Waals surface area contributed by atoms with Gasteiger partial charge in [0.05, 0.1) is 11.5 Å². The number of carbonyl (C=O) groups excluding carboxylic acids is 1. The Balaban J connectivity index is 0.00000432. The fraction of sp³-hybridized carbons (Fsp3) is 0.208. The average molecular weight is 506 g/mol. The minimum Gasteiger partial charge on any atom is -0.744 e. The van der Waals surface area contributed by atoms with Gasteiger partial charge in [0.25, 0.3) is 0 Å². The first-order valence-corrected chi connectivity index (χ1v) is 11.9. The van der Waals surface area contributed by atoms with Crippen molar-refractivity contribution in [2.75, 3.05) is 13.2 Å². The number of hydrogen-bond acceptors (Lipinski definition) is 8. The number of carbonyl (C=O) groups is 1. The topological polar surface area (TPSA) is 140 Å². The molecular weight excluding hydrogens is 481 g/mol. The number of benzene rings is 3. The molecule has 9 nitrogen and oxygen atoms in total. The number of phenolic OH excluding ortho intramolecular Hbond substituents is 1. The molecule has 0 bridgehead atoms. The van der Waals surface area contributed by atoms with Crippen LogP contribution in [-0.4, -0.2) is 37.1 Å². The molecule has 0 aliphatic carbocycles. The van der Waals surface area contributed by atoms with Crippen molar-refractivity contribution in [3.63, 3.8) is 0 Å². The smallest absolute Gasteiger partial charge is 0.744 e. The maximum atomic E-state index is 11.6. The SMILES string of the molecule is C=CC(=O)NCCCCOc1ccc(C)cc1N=Nc1c(O)cc(S(=O)(=O)[O-])c2ccccc12.[Na+]. The number of nitrogens with zero attached hydrogens (tertiary/aromatic N) is 2. The van der Waals surface area contributed by atoms with Crippen LogP contribution < -0.4 is 39.6 Å². The third-order valence-electron chi connectivity index (χ3n) is 4.91. The maximum Gasteiger partial charge on any atom is 1.00 e. The number of ether oxygens (including phenoxy) is 1. The average Bonchev–Trinajstić information content (AvgIpc) is 2.80. The first kappa shape index (κ1) is 28.5. The Labute approximate surface area is 226 Å². The van der Waals surface area contributed by atoms with Gasteiger partial charge in [-0.1, -0.05) is 36.9 Å². The summed E-state index contributed by atoms with van der Waals surface area (Å²) in [6, 6.07) is 12.5. The number of azo groups is 1. The fourth-order valence-corrected chi connectivity index (χ4v) is 3.95. The monoisotopic (exact) mass is 505 g/mol. The van der Waals surface area contributed by atoms with Crippen LogP contribution in [0.4, 0.5) is 11.4 Å². The van der Waals surface area contributed by atoms with E-state index in [1.165, 1.54) is 12.1 Å². The summed E-state index contributed by atoms with van der Waals surface area (Å²) in [5.74, 6) is -0.223. The van der Waals surface area contributed by atoms with E-state index in [1.807, 2.05) is 13.0 Å². The number of nitrogens with one attached hydrogen (secondary N) is 1. The Morgan fingerprint density at radius 1 is 1.14 bits per heavy atom. The fourth-order valence-electron chi connectivity index (χ4n) is 3.25. The standard InChI is InChI=1S/C24H25N3O6S.Na/c1-3-23(29)25-12-6-7-13-33-21-11-10-16(2)14-19(21)26-27-24-18-9-5-4-8-17(18)22(15-20(24)28)34(30,31)32;/h3-5,8-11,14-15,28H,1,6-7,12-13H2,2H3,(H,25,29)(H,30,31,32);/q;+1/p-1. The molecule has 3 rings (SSSR count). The van der Waals surface area contributed by atoms with Gasteiger partial charge < -0.3 is 19.7 Å². The molecule has 0 aliphatic heterocycles. The van der Waals surface area contributed by atoms with Crippen LogP contribution in [-0.2, 0) is 14.9 Å². The van der Waals surface area contributed by atoms with E-state index in [1.54, 1.807) is 30.3 Å². The van der Waals surface area contributed by atoms with Gasteiger partial charge in [0.2, 0.25) is 5.91 Å². The molecule has 0 atom stereocenters. The van der Waals surface area contributed by atoms with Crippen molar-refractivity contribution < 1.29 is 57.2 Å². The summed E-state index contributed by atoms with van der Waals surface area (Å²) >= 11 is 0. The van der Waals surface area contributed by atoms with E-state index in [4.69, 9.17) is 4.74 Å². The predicted octanol–water partition coefficient (Wildman–Crippen LogP) is 1.64. The third-order valence-corrected chi connectivity index (χ3v) is 5.79. The summed E-state index contributed by atoms with van der Waals surface area (Å²) in [4.78, 5) is 10.6. The van der Waals surface area contributed by atoms with Gasteiger partial charge in [0, 0.05) is 23.4 Å². The van der Waals surface area contributed by atoms with E-state index in [9.17, 15) is 22.9 Å². The Kier molecular flexibility index (Phi) is 10.4. The summed E-state index contributed by atoms with van der Waals surface area (Å²) in [6.45, 7) is 6.18. The molecule has 3 aromatic rings. The van der Waals surface area contributed by atoms with Crippen LogP contribution in [0.25, 0.3) is 10.8 Å².